The van der Waals surface area contributed by atoms with Crippen molar-refractivity contribution in [3.05, 3.63) is 95.1 Å². The number of carbonyl (C=O) groups excluding carboxylic acids is 1. The largest absolute Gasteiger partial charge is 0.352 e. The Balaban J connectivity index is 1.27. The Labute approximate surface area is 181 Å². The molecule has 154 valence electrons. The number of hydrogen-bond donors (Lipinski definition) is 1. The van der Waals surface area contributed by atoms with Gasteiger partial charge in [-0.15, -0.1) is 0 Å². The molecule has 4 heterocycles. The number of amides is 1. The van der Waals surface area contributed by atoms with Crippen LogP contribution >= 0.6 is 0 Å². The predicted octanol–water partition coefficient (Wildman–Crippen LogP) is 3.83. The number of aromatic nitrogens is 3. The Morgan fingerprint density at radius 1 is 1.06 bits per heavy atom. The molecule has 6 heteroatoms. The minimum atomic E-state index is -0.136. The van der Waals surface area contributed by atoms with Crippen LogP contribution in [0, 0.1) is 6.92 Å². The van der Waals surface area contributed by atoms with Crippen LogP contribution in [0.4, 0.5) is 5.82 Å². The normalized spacial score (nSPS) is 13.1. The molecule has 1 amide bonds. The first-order chi connectivity index (χ1) is 15.2. The predicted molar refractivity (Wildman–Crippen MR) is 121 cm³/mol. The Morgan fingerprint density at radius 3 is 2.87 bits per heavy atom. The van der Waals surface area contributed by atoms with Gasteiger partial charge in [0.1, 0.15) is 5.82 Å². The monoisotopic (exact) mass is 409 g/mol. The summed E-state index contributed by atoms with van der Waals surface area (Å²) in [5, 5.41) is 4.04. The summed E-state index contributed by atoms with van der Waals surface area (Å²) in [4.78, 5) is 28.5. The summed E-state index contributed by atoms with van der Waals surface area (Å²) in [6, 6.07) is 16.0. The zero-order chi connectivity index (χ0) is 21.2. The zero-order valence-corrected chi connectivity index (χ0v) is 17.4. The smallest absolute Gasteiger partial charge is 0.253 e. The third-order valence-electron chi connectivity index (χ3n) is 5.68. The molecule has 0 spiro atoms. The first-order valence-corrected chi connectivity index (χ1v) is 10.4. The van der Waals surface area contributed by atoms with E-state index in [0.717, 1.165) is 53.1 Å². The van der Waals surface area contributed by atoms with E-state index in [2.05, 4.69) is 37.3 Å². The Morgan fingerprint density at radius 2 is 1.97 bits per heavy atom. The van der Waals surface area contributed by atoms with Gasteiger partial charge >= 0.3 is 0 Å². The highest BCUT2D eigenvalue weighted by molar-refractivity contribution is 5.94. The number of benzene rings is 1. The van der Waals surface area contributed by atoms with Crippen LogP contribution in [-0.4, -0.2) is 27.4 Å². The molecule has 31 heavy (non-hydrogen) atoms. The molecule has 4 aromatic rings. The van der Waals surface area contributed by atoms with Gasteiger partial charge in [0.25, 0.3) is 5.91 Å². The van der Waals surface area contributed by atoms with Crippen LogP contribution in [0.5, 0.6) is 0 Å². The molecule has 0 radical (unpaired) electrons. The second kappa shape index (κ2) is 8.14. The fraction of sp³-hybridized carbons (Fsp3) is 0.200. The van der Waals surface area contributed by atoms with Gasteiger partial charge in [0, 0.05) is 55.7 Å². The lowest BCUT2D eigenvalue weighted by atomic mass is 10.0. The van der Waals surface area contributed by atoms with Gasteiger partial charge in [-0.2, -0.15) is 0 Å². The quantitative estimate of drug-likeness (QED) is 0.555. The number of pyridine rings is 3. The van der Waals surface area contributed by atoms with Crippen LogP contribution in [-0.2, 0) is 19.5 Å². The molecule has 1 N–H and O–H groups in total. The Kier molecular flexibility index (Phi) is 5.04. The Bertz CT molecular complexity index is 1270. The van der Waals surface area contributed by atoms with Crippen molar-refractivity contribution in [1.29, 1.82) is 0 Å². The van der Waals surface area contributed by atoms with Crippen molar-refractivity contribution in [3.8, 4) is 0 Å². The lowest BCUT2D eigenvalue weighted by molar-refractivity contribution is 0.0950. The molecule has 1 aliphatic rings. The summed E-state index contributed by atoms with van der Waals surface area (Å²) in [7, 11) is 0. The topological polar surface area (TPSA) is 71.0 Å². The molecule has 0 saturated carbocycles. The standard InChI is InChI=1S/C25H23N5O/c1-17-11-21(15-28-24(17)30-10-8-23-20(16-30)6-4-9-26-23)25(31)29-14-18-12-19-5-2-3-7-22(19)27-13-18/h2-7,9,11-13,15H,8,10,14,16H2,1H3,(H,29,31). The molecule has 1 aliphatic heterocycles. The van der Waals surface area contributed by atoms with Crippen molar-refractivity contribution in [1.82, 2.24) is 20.3 Å². The zero-order valence-electron chi connectivity index (χ0n) is 17.4. The first kappa shape index (κ1) is 19.2. The van der Waals surface area contributed by atoms with E-state index >= 15 is 0 Å². The number of nitrogens with zero attached hydrogens (tertiary/aromatic N) is 4. The molecule has 6 nitrogen and oxygen atoms in total. The molecule has 0 saturated heterocycles. The Hall–Kier alpha value is -3.80. The van der Waals surface area contributed by atoms with E-state index in [1.54, 1.807) is 12.4 Å². The van der Waals surface area contributed by atoms with Gasteiger partial charge in [0.2, 0.25) is 0 Å². The van der Waals surface area contributed by atoms with E-state index in [0.29, 0.717) is 12.1 Å². The average molecular weight is 409 g/mol. The highest BCUT2D eigenvalue weighted by Gasteiger charge is 2.20. The second-order valence-electron chi connectivity index (χ2n) is 7.86. The number of carbonyl (C=O) groups is 1. The van der Waals surface area contributed by atoms with E-state index in [1.165, 1.54) is 5.56 Å². The van der Waals surface area contributed by atoms with Crippen LogP contribution in [0.3, 0.4) is 0 Å². The number of fused-ring (bicyclic) bond motifs is 2. The van der Waals surface area contributed by atoms with Crippen molar-refractivity contribution in [2.45, 2.75) is 26.4 Å². The van der Waals surface area contributed by atoms with Crippen LogP contribution in [0.1, 0.15) is 32.7 Å². The van der Waals surface area contributed by atoms with E-state index < -0.39 is 0 Å². The number of aryl methyl sites for hydroxylation is 1. The van der Waals surface area contributed by atoms with Gasteiger partial charge in [0.15, 0.2) is 0 Å². The number of anilines is 1. The fourth-order valence-corrected chi connectivity index (χ4v) is 4.07. The lowest BCUT2D eigenvalue weighted by Crippen LogP contribution is -2.32. The molecule has 0 unspecified atom stereocenters. The van der Waals surface area contributed by atoms with Crippen LogP contribution in [0.15, 0.2) is 67.1 Å². The van der Waals surface area contributed by atoms with E-state index in [4.69, 9.17) is 0 Å². The summed E-state index contributed by atoms with van der Waals surface area (Å²) in [5.41, 5.74) is 5.87. The van der Waals surface area contributed by atoms with Gasteiger partial charge in [-0.1, -0.05) is 24.3 Å². The third-order valence-corrected chi connectivity index (χ3v) is 5.68. The maximum Gasteiger partial charge on any atom is 0.253 e. The van der Waals surface area contributed by atoms with Crippen LogP contribution in [0.2, 0.25) is 0 Å². The third kappa shape index (κ3) is 3.97. The molecule has 0 aliphatic carbocycles. The SMILES string of the molecule is Cc1cc(C(=O)NCc2cnc3ccccc3c2)cnc1N1CCc2ncccc2C1. The maximum absolute atomic E-state index is 12.7. The second-order valence-corrected chi connectivity index (χ2v) is 7.86. The number of rotatable bonds is 4. The van der Waals surface area contributed by atoms with Gasteiger partial charge in [-0.05, 0) is 47.9 Å². The van der Waals surface area contributed by atoms with Crippen molar-refractivity contribution in [2.24, 2.45) is 0 Å². The summed E-state index contributed by atoms with van der Waals surface area (Å²) in [6.07, 6.45) is 6.21. The minimum Gasteiger partial charge on any atom is -0.352 e. The van der Waals surface area contributed by atoms with E-state index in [9.17, 15) is 4.79 Å². The van der Waals surface area contributed by atoms with Crippen LogP contribution in [0.25, 0.3) is 10.9 Å². The number of para-hydroxylation sites is 1. The van der Waals surface area contributed by atoms with Gasteiger partial charge in [-0.25, -0.2) is 4.98 Å². The average Bonchev–Trinajstić information content (AvgIpc) is 2.82. The summed E-state index contributed by atoms with van der Waals surface area (Å²) >= 11 is 0. The lowest BCUT2D eigenvalue weighted by Gasteiger charge is -2.30. The van der Waals surface area contributed by atoms with Crippen molar-refractivity contribution in [3.63, 3.8) is 0 Å². The van der Waals surface area contributed by atoms with Gasteiger partial charge < -0.3 is 10.2 Å². The number of nitrogens with one attached hydrogen (secondary N) is 1. The maximum atomic E-state index is 12.7. The molecule has 1 aromatic carbocycles. The molecule has 3 aromatic heterocycles. The van der Waals surface area contributed by atoms with Crippen molar-refractivity contribution < 1.29 is 4.79 Å². The first-order valence-electron chi connectivity index (χ1n) is 10.4. The minimum absolute atomic E-state index is 0.136. The van der Waals surface area contributed by atoms with Gasteiger partial charge in [0.05, 0.1) is 11.1 Å². The fourth-order valence-electron chi connectivity index (χ4n) is 4.07. The highest BCUT2D eigenvalue weighted by atomic mass is 16.1. The van der Waals surface area contributed by atoms with Crippen LogP contribution < -0.4 is 10.2 Å². The summed E-state index contributed by atoms with van der Waals surface area (Å²) in [5.74, 6) is 0.785. The number of hydrogen-bond acceptors (Lipinski definition) is 5. The molecule has 0 bridgehead atoms. The molecule has 0 atom stereocenters. The highest BCUT2D eigenvalue weighted by Crippen LogP contribution is 2.25. The van der Waals surface area contributed by atoms with Crippen molar-refractivity contribution in [2.75, 3.05) is 11.4 Å². The van der Waals surface area contributed by atoms with E-state index in [1.807, 2.05) is 49.5 Å². The molecular formula is C25H23N5O. The summed E-state index contributed by atoms with van der Waals surface area (Å²) < 4.78 is 0. The van der Waals surface area contributed by atoms with Gasteiger partial charge in [-0.3, -0.25) is 14.8 Å². The summed E-state index contributed by atoms with van der Waals surface area (Å²) in [6.45, 7) is 4.09. The van der Waals surface area contributed by atoms with E-state index in [-0.39, 0.29) is 5.91 Å². The molecular weight excluding hydrogens is 386 g/mol. The molecule has 0 fully saturated rings. The molecule has 5 rings (SSSR count). The van der Waals surface area contributed by atoms with Crippen molar-refractivity contribution >= 4 is 22.6 Å².